The average molecular weight is 101 g/mol. The van der Waals surface area contributed by atoms with Crippen molar-refractivity contribution in [2.24, 2.45) is 5.73 Å². The van der Waals surface area contributed by atoms with Crippen LogP contribution in [0.25, 0.3) is 0 Å². The first-order valence-electron chi connectivity index (χ1n) is 0.724. The number of hydrogen-bond donors (Lipinski definition) is 3. The van der Waals surface area contributed by atoms with Crippen LogP contribution >= 0.6 is 12.4 Å². The molecule has 0 rings (SSSR count). The molecule has 4 heteroatoms. The van der Waals surface area contributed by atoms with Gasteiger partial charge in [0.25, 0.3) is 0 Å². The highest BCUT2D eigenvalue weighted by atomic mass is 35.5. The molecule has 0 amide bonds. The van der Waals surface area contributed by atoms with Gasteiger partial charge in [0, 0.05) is 0 Å². The van der Waals surface area contributed by atoms with E-state index in [-0.39, 0.29) is 25.3 Å². The molecule has 0 saturated heterocycles. The molecule has 0 spiro atoms. The second kappa shape index (κ2) is 30.6. The van der Waals surface area contributed by atoms with Crippen molar-refractivity contribution in [3.05, 3.63) is 0 Å². The average Bonchev–Trinajstić information content (AvgIpc) is 0.918. The summed E-state index contributed by atoms with van der Waals surface area (Å²) >= 11 is 0. The van der Waals surface area contributed by atoms with Gasteiger partial charge in [-0.05, 0) is 0 Å². The lowest BCUT2D eigenvalue weighted by Gasteiger charge is -1.56. The van der Waals surface area contributed by atoms with Crippen LogP contribution in [0.3, 0.4) is 0 Å². The third kappa shape index (κ3) is 679. The van der Waals surface area contributed by atoms with Gasteiger partial charge in [-0.2, -0.15) is 0 Å². The molecule has 0 aromatic carbocycles. The van der Waals surface area contributed by atoms with Crippen LogP contribution in [-0.2, 0) is 0 Å². The lowest BCUT2D eigenvalue weighted by Crippen LogP contribution is -1.92. The summed E-state index contributed by atoms with van der Waals surface area (Å²) in [7, 11) is 0. The van der Waals surface area contributed by atoms with Crippen LogP contribution in [0, 0.1) is 0 Å². The van der Waals surface area contributed by atoms with Gasteiger partial charge in [0.2, 0.25) is 0 Å². The fourth-order valence-electron chi connectivity index (χ4n) is 0. The number of nitrogens with two attached hydrogens (primary N) is 1. The van der Waals surface area contributed by atoms with Crippen molar-refractivity contribution in [3.8, 4) is 0 Å². The molecule has 0 aliphatic carbocycles. The van der Waals surface area contributed by atoms with E-state index in [1.807, 2.05) is 0 Å². The van der Waals surface area contributed by atoms with E-state index in [9.17, 15) is 0 Å². The molecule has 0 heterocycles. The molecule has 3 nitrogen and oxygen atoms in total. The highest BCUT2D eigenvalue weighted by molar-refractivity contribution is 5.85. The van der Waals surface area contributed by atoms with Gasteiger partial charge >= 0.3 is 0 Å². The van der Waals surface area contributed by atoms with Gasteiger partial charge in [-0.25, -0.2) is 0 Å². The fourth-order valence-corrected chi connectivity index (χ4v) is 0. The van der Waals surface area contributed by atoms with Gasteiger partial charge in [0.05, 0.1) is 6.73 Å². The van der Waals surface area contributed by atoms with Gasteiger partial charge in [0.1, 0.15) is 0 Å². The Morgan fingerprint density at radius 1 is 1.60 bits per heavy atom. The van der Waals surface area contributed by atoms with Gasteiger partial charge in [-0.1, -0.05) is 0 Å². The van der Waals surface area contributed by atoms with Crippen molar-refractivity contribution in [2.75, 3.05) is 6.73 Å². The molecule has 0 fully saturated rings. The van der Waals surface area contributed by atoms with E-state index in [0.717, 1.165) is 0 Å². The van der Waals surface area contributed by atoms with Crippen molar-refractivity contribution in [1.82, 2.24) is 6.15 Å². The van der Waals surface area contributed by atoms with Crippen molar-refractivity contribution in [1.29, 1.82) is 0 Å². The highest BCUT2D eigenvalue weighted by Crippen LogP contribution is 1.04. The largest absolute Gasteiger partial charge is 0.382 e. The molecule has 0 bridgehead atoms. The van der Waals surface area contributed by atoms with Crippen molar-refractivity contribution < 1.29 is 5.11 Å². The zero-order valence-electron chi connectivity index (χ0n) is 2.85. The van der Waals surface area contributed by atoms with Gasteiger partial charge in [0.15, 0.2) is 0 Å². The molecule has 0 aromatic heterocycles. The number of aliphatic hydroxyl groups is 1. The number of rotatable bonds is 0. The summed E-state index contributed by atoms with van der Waals surface area (Å²) in [6.45, 7) is -0.250. The third-order valence-corrected chi connectivity index (χ3v) is 0. The van der Waals surface area contributed by atoms with E-state index in [1.165, 1.54) is 0 Å². The van der Waals surface area contributed by atoms with Crippen molar-refractivity contribution >= 4 is 12.4 Å². The topological polar surface area (TPSA) is 81.2 Å². The maximum absolute atomic E-state index is 7.35. The molecule has 0 aliphatic heterocycles. The third-order valence-electron chi connectivity index (χ3n) is 0. The predicted molar refractivity (Wildman–Crippen MR) is 23.5 cm³/mol. The molecular weight excluding hydrogens is 91.5 g/mol. The monoisotopic (exact) mass is 100 g/mol. The Balaban J connectivity index is -0.0000000200. The van der Waals surface area contributed by atoms with Crippen LogP contribution in [0.1, 0.15) is 0 Å². The standard InChI is InChI=1S/CH5NO.ClH.H3N/c2-1-3;;/h3H,1-2H2;1H;1H3. The van der Waals surface area contributed by atoms with E-state index >= 15 is 0 Å². The summed E-state index contributed by atoms with van der Waals surface area (Å²) in [5.74, 6) is 0. The molecule has 0 aliphatic rings. The van der Waals surface area contributed by atoms with E-state index in [4.69, 9.17) is 5.11 Å². The predicted octanol–water partition coefficient (Wildman–Crippen LogP) is -0.521. The molecule has 36 valence electrons. The normalized spacial score (nSPS) is 3.60. The molecule has 0 radical (unpaired) electrons. The van der Waals surface area contributed by atoms with Gasteiger partial charge in [-0.15, -0.1) is 12.4 Å². The smallest absolute Gasteiger partial charge is 0.0906 e. The van der Waals surface area contributed by atoms with E-state index in [0.29, 0.717) is 0 Å². The Hall–Kier alpha value is 0.170. The zero-order chi connectivity index (χ0) is 2.71. The van der Waals surface area contributed by atoms with Crippen LogP contribution in [0.5, 0.6) is 0 Å². The van der Waals surface area contributed by atoms with E-state index in [2.05, 4.69) is 5.73 Å². The van der Waals surface area contributed by atoms with Crippen molar-refractivity contribution in [3.63, 3.8) is 0 Å². The summed E-state index contributed by atoms with van der Waals surface area (Å²) < 4.78 is 0. The summed E-state index contributed by atoms with van der Waals surface area (Å²) in [5.41, 5.74) is 4.40. The quantitative estimate of drug-likeness (QED) is 0.358. The molecule has 6 N–H and O–H groups in total. The van der Waals surface area contributed by atoms with Crippen molar-refractivity contribution in [2.45, 2.75) is 0 Å². The number of aliphatic hydroxyl groups excluding tert-OH is 1. The summed E-state index contributed by atoms with van der Waals surface area (Å²) in [5, 5.41) is 7.35. The van der Waals surface area contributed by atoms with Crippen LogP contribution in [0.15, 0.2) is 0 Å². The first kappa shape index (κ1) is 19.1. The molecule has 5 heavy (non-hydrogen) atoms. The Kier molecular flexibility index (Phi) is 117. The number of hydrogen-bond acceptors (Lipinski definition) is 3. The molecule has 0 aromatic rings. The van der Waals surface area contributed by atoms with Crippen LogP contribution < -0.4 is 11.9 Å². The zero-order valence-corrected chi connectivity index (χ0v) is 3.66. The van der Waals surface area contributed by atoms with Crippen LogP contribution in [0.4, 0.5) is 0 Å². The Morgan fingerprint density at radius 2 is 1.60 bits per heavy atom. The molecular formula is CH9ClN2O. The first-order chi connectivity index (χ1) is 1.41. The summed E-state index contributed by atoms with van der Waals surface area (Å²) in [4.78, 5) is 0. The van der Waals surface area contributed by atoms with E-state index < -0.39 is 0 Å². The summed E-state index contributed by atoms with van der Waals surface area (Å²) in [6, 6.07) is 0. The lowest BCUT2D eigenvalue weighted by atomic mass is 11.4. The Bertz CT molecular complexity index is 9.61. The second-order valence-electron chi connectivity index (χ2n) is 0.183. The highest BCUT2D eigenvalue weighted by Gasteiger charge is 1.30. The van der Waals surface area contributed by atoms with Gasteiger partial charge < -0.3 is 17.0 Å². The fraction of sp³-hybridized carbons (Fsp3) is 1.00. The maximum Gasteiger partial charge on any atom is 0.0906 e. The first-order valence-corrected chi connectivity index (χ1v) is 0.724. The molecule has 0 atom stereocenters. The summed E-state index contributed by atoms with van der Waals surface area (Å²) in [6.07, 6.45) is 0. The van der Waals surface area contributed by atoms with Gasteiger partial charge in [-0.3, -0.25) is 0 Å². The maximum atomic E-state index is 7.35. The Labute approximate surface area is 37.2 Å². The van der Waals surface area contributed by atoms with Crippen LogP contribution in [0.2, 0.25) is 0 Å². The van der Waals surface area contributed by atoms with Crippen LogP contribution in [-0.4, -0.2) is 11.8 Å². The van der Waals surface area contributed by atoms with E-state index in [1.54, 1.807) is 0 Å². The molecule has 0 saturated carbocycles. The lowest BCUT2D eigenvalue weighted by molar-refractivity contribution is 0.307. The minimum Gasteiger partial charge on any atom is -0.382 e. The minimum atomic E-state index is -0.250. The second-order valence-corrected chi connectivity index (χ2v) is 0.183. The Morgan fingerprint density at radius 3 is 1.60 bits per heavy atom. The minimum absolute atomic E-state index is 0. The molecule has 0 unspecified atom stereocenters. The SMILES string of the molecule is Cl.N.NCO. The number of halogens is 1.